The second-order valence-corrected chi connectivity index (χ2v) is 7.01. The number of hydrogen-bond donors (Lipinski definition) is 2. The van der Waals surface area contributed by atoms with Crippen LogP contribution < -0.4 is 10.1 Å². The lowest BCUT2D eigenvalue weighted by Gasteiger charge is -2.27. The van der Waals surface area contributed by atoms with Crippen LogP contribution in [0.4, 0.5) is 4.79 Å². The van der Waals surface area contributed by atoms with Crippen LogP contribution in [-0.2, 0) is 13.0 Å². The summed E-state index contributed by atoms with van der Waals surface area (Å²) in [5, 5.41) is 7.48. The number of benzene rings is 1. The van der Waals surface area contributed by atoms with Crippen molar-refractivity contribution in [3.05, 3.63) is 59.4 Å². The Morgan fingerprint density at radius 2 is 2.25 bits per heavy atom. The molecule has 0 saturated heterocycles. The van der Waals surface area contributed by atoms with Gasteiger partial charge in [0.15, 0.2) is 0 Å². The van der Waals surface area contributed by atoms with Gasteiger partial charge in [-0.05, 0) is 26.0 Å². The molecule has 2 aromatic heterocycles. The van der Waals surface area contributed by atoms with E-state index in [1.54, 1.807) is 18.0 Å². The molecule has 3 aromatic rings. The Bertz CT molecular complexity index is 992. The maximum Gasteiger partial charge on any atom is 0.318 e. The first-order valence-corrected chi connectivity index (χ1v) is 9.32. The number of aromatic nitrogens is 4. The maximum atomic E-state index is 12.7. The predicted octanol–water partition coefficient (Wildman–Crippen LogP) is 2.74. The summed E-state index contributed by atoms with van der Waals surface area (Å²) in [5.41, 5.74) is 3.93. The van der Waals surface area contributed by atoms with E-state index in [9.17, 15) is 4.79 Å². The number of aryl methyl sites for hydroxylation is 1. The third-order valence-corrected chi connectivity index (χ3v) is 5.00. The van der Waals surface area contributed by atoms with Crippen LogP contribution in [-0.4, -0.2) is 44.3 Å². The van der Waals surface area contributed by atoms with Crippen LogP contribution in [0, 0.1) is 6.92 Å². The number of H-pyrrole nitrogens is 1. The summed E-state index contributed by atoms with van der Waals surface area (Å²) < 4.78 is 7.05. The summed E-state index contributed by atoms with van der Waals surface area (Å²) in [4.78, 5) is 22.2. The molecule has 146 valence electrons. The van der Waals surface area contributed by atoms with Gasteiger partial charge in [-0.1, -0.05) is 6.07 Å². The zero-order valence-corrected chi connectivity index (χ0v) is 16.3. The van der Waals surface area contributed by atoms with Gasteiger partial charge in [-0.25, -0.2) is 14.5 Å². The molecule has 0 bridgehead atoms. The van der Waals surface area contributed by atoms with Gasteiger partial charge in [-0.3, -0.25) is 0 Å². The minimum atomic E-state index is -0.156. The molecule has 1 aliphatic rings. The number of imidazole rings is 1. The van der Waals surface area contributed by atoms with E-state index in [1.165, 1.54) is 0 Å². The van der Waals surface area contributed by atoms with Crippen molar-refractivity contribution >= 4 is 6.03 Å². The summed E-state index contributed by atoms with van der Waals surface area (Å²) in [6.45, 7) is 5.11. The Hall–Kier alpha value is -3.29. The molecule has 2 amide bonds. The minimum Gasteiger partial charge on any atom is -0.497 e. The van der Waals surface area contributed by atoms with Crippen LogP contribution in [0.25, 0.3) is 5.69 Å². The Labute approximate surface area is 163 Å². The summed E-state index contributed by atoms with van der Waals surface area (Å²) >= 11 is 0. The molecule has 2 N–H and O–H groups in total. The summed E-state index contributed by atoms with van der Waals surface area (Å²) in [7, 11) is 1.64. The van der Waals surface area contributed by atoms with Gasteiger partial charge in [0.2, 0.25) is 0 Å². The zero-order chi connectivity index (χ0) is 19.7. The van der Waals surface area contributed by atoms with Gasteiger partial charge >= 0.3 is 6.03 Å². The van der Waals surface area contributed by atoms with Crippen LogP contribution in [0.1, 0.15) is 35.7 Å². The molecule has 1 aliphatic heterocycles. The number of aromatic amines is 1. The standard InChI is InChI=1S/C20H24N6O2/c1-13(15-10-21-26(11-15)16-5-4-6-17(9-16)28-3)22-20(27)25-8-7-18-19(12-25)24-14(2)23-18/h4-6,9-11,13H,7-8,12H2,1-3H3,(H,22,27)(H,23,24). The number of hydrogen-bond acceptors (Lipinski definition) is 4. The lowest BCUT2D eigenvalue weighted by molar-refractivity contribution is 0.188. The highest BCUT2D eigenvalue weighted by molar-refractivity contribution is 5.75. The van der Waals surface area contributed by atoms with Crippen molar-refractivity contribution in [1.29, 1.82) is 0 Å². The molecular formula is C20H24N6O2. The van der Waals surface area contributed by atoms with Crippen LogP contribution in [0.5, 0.6) is 5.75 Å². The Morgan fingerprint density at radius 1 is 1.39 bits per heavy atom. The second kappa shape index (κ2) is 7.38. The SMILES string of the molecule is COc1cccc(-n2cc(C(C)NC(=O)N3CCc4nc(C)[nH]c4C3)cn2)c1. The van der Waals surface area contributed by atoms with Crippen molar-refractivity contribution in [3.8, 4) is 11.4 Å². The smallest absolute Gasteiger partial charge is 0.318 e. The predicted molar refractivity (Wildman–Crippen MR) is 105 cm³/mol. The molecule has 1 atom stereocenters. The molecule has 0 aliphatic carbocycles. The molecule has 1 unspecified atom stereocenters. The normalized spacial score (nSPS) is 14.5. The topological polar surface area (TPSA) is 88.1 Å². The van der Waals surface area contributed by atoms with Gasteiger partial charge in [0.1, 0.15) is 11.6 Å². The van der Waals surface area contributed by atoms with Crippen LogP contribution in [0.2, 0.25) is 0 Å². The van der Waals surface area contributed by atoms with Gasteiger partial charge in [0.05, 0.1) is 43.0 Å². The lowest BCUT2D eigenvalue weighted by atomic mass is 10.1. The van der Waals surface area contributed by atoms with Crippen LogP contribution >= 0.6 is 0 Å². The fraction of sp³-hybridized carbons (Fsp3) is 0.350. The molecule has 0 spiro atoms. The van der Waals surface area contributed by atoms with E-state index in [0.29, 0.717) is 13.1 Å². The van der Waals surface area contributed by atoms with E-state index >= 15 is 0 Å². The van der Waals surface area contributed by atoms with Crippen molar-refractivity contribution in [2.24, 2.45) is 0 Å². The van der Waals surface area contributed by atoms with E-state index in [1.807, 2.05) is 49.2 Å². The Balaban J connectivity index is 1.42. The fourth-order valence-electron chi connectivity index (χ4n) is 3.42. The highest BCUT2D eigenvalue weighted by Gasteiger charge is 2.24. The number of carbonyl (C=O) groups is 1. The van der Waals surface area contributed by atoms with Crippen molar-refractivity contribution in [3.63, 3.8) is 0 Å². The molecular weight excluding hydrogens is 356 g/mol. The summed E-state index contributed by atoms with van der Waals surface area (Å²) in [5.74, 6) is 1.67. The van der Waals surface area contributed by atoms with Crippen molar-refractivity contribution in [2.45, 2.75) is 32.9 Å². The highest BCUT2D eigenvalue weighted by atomic mass is 16.5. The molecule has 0 fully saturated rings. The average molecular weight is 380 g/mol. The monoisotopic (exact) mass is 380 g/mol. The van der Waals surface area contributed by atoms with Gasteiger partial charge in [-0.2, -0.15) is 5.10 Å². The number of rotatable bonds is 4. The number of nitrogens with one attached hydrogen (secondary N) is 2. The highest BCUT2D eigenvalue weighted by Crippen LogP contribution is 2.20. The number of nitrogens with zero attached hydrogens (tertiary/aromatic N) is 4. The van der Waals surface area contributed by atoms with E-state index in [4.69, 9.17) is 4.74 Å². The van der Waals surface area contributed by atoms with Gasteiger partial charge in [0, 0.05) is 30.8 Å². The first-order chi connectivity index (χ1) is 13.5. The third-order valence-electron chi connectivity index (χ3n) is 5.00. The number of amides is 2. The van der Waals surface area contributed by atoms with Crippen molar-refractivity contribution in [2.75, 3.05) is 13.7 Å². The zero-order valence-electron chi connectivity index (χ0n) is 16.3. The molecule has 4 rings (SSSR count). The van der Waals surface area contributed by atoms with E-state index in [-0.39, 0.29) is 12.1 Å². The van der Waals surface area contributed by atoms with Gasteiger partial charge < -0.3 is 19.9 Å². The number of urea groups is 1. The molecule has 8 heteroatoms. The van der Waals surface area contributed by atoms with Gasteiger partial charge in [0.25, 0.3) is 0 Å². The quantitative estimate of drug-likeness (QED) is 0.728. The molecule has 8 nitrogen and oxygen atoms in total. The summed E-state index contributed by atoms with van der Waals surface area (Å²) in [6, 6.07) is 7.44. The van der Waals surface area contributed by atoms with E-state index < -0.39 is 0 Å². The number of methoxy groups -OCH3 is 1. The molecule has 3 heterocycles. The number of carbonyl (C=O) groups excluding carboxylic acids is 1. The molecule has 0 radical (unpaired) electrons. The molecule has 1 aromatic carbocycles. The van der Waals surface area contributed by atoms with E-state index in [0.717, 1.165) is 40.6 Å². The number of fused-ring (bicyclic) bond motifs is 1. The first-order valence-electron chi connectivity index (χ1n) is 9.32. The van der Waals surface area contributed by atoms with Crippen LogP contribution in [0.3, 0.4) is 0 Å². The van der Waals surface area contributed by atoms with E-state index in [2.05, 4.69) is 20.4 Å². The van der Waals surface area contributed by atoms with Gasteiger partial charge in [-0.15, -0.1) is 0 Å². The fourth-order valence-corrected chi connectivity index (χ4v) is 3.42. The average Bonchev–Trinajstić information content (AvgIpc) is 3.33. The molecule has 0 saturated carbocycles. The Morgan fingerprint density at radius 3 is 3.07 bits per heavy atom. The minimum absolute atomic E-state index is 0.0838. The second-order valence-electron chi connectivity index (χ2n) is 7.01. The first kappa shape index (κ1) is 18.1. The van der Waals surface area contributed by atoms with Crippen molar-refractivity contribution in [1.82, 2.24) is 30.0 Å². The van der Waals surface area contributed by atoms with Crippen LogP contribution in [0.15, 0.2) is 36.7 Å². The number of ether oxygens (including phenoxy) is 1. The Kier molecular flexibility index (Phi) is 4.77. The largest absolute Gasteiger partial charge is 0.497 e. The summed E-state index contributed by atoms with van der Waals surface area (Å²) in [6.07, 6.45) is 4.47. The maximum absolute atomic E-state index is 12.7. The molecule has 28 heavy (non-hydrogen) atoms. The van der Waals surface area contributed by atoms with Crippen molar-refractivity contribution < 1.29 is 9.53 Å². The third kappa shape index (κ3) is 3.58. The lowest BCUT2D eigenvalue weighted by Crippen LogP contribution is -2.43.